The Morgan fingerprint density at radius 1 is 1.19 bits per heavy atom. The molecule has 0 aromatic heterocycles. The number of rotatable bonds is 12. The molecule has 1 aliphatic carbocycles. The van der Waals surface area contributed by atoms with Gasteiger partial charge in [-0.25, -0.2) is 4.79 Å². The van der Waals surface area contributed by atoms with E-state index in [0.717, 1.165) is 5.57 Å². The zero-order valence-corrected chi connectivity index (χ0v) is 19.6. The smallest absolute Gasteiger partial charge is 0.312 e. The maximum atomic E-state index is 13.0. The summed E-state index contributed by atoms with van der Waals surface area (Å²) in [5, 5.41) is 11.3. The first-order chi connectivity index (χ1) is 15.0. The lowest BCUT2D eigenvalue weighted by molar-refractivity contribution is -0.139. The Hall–Kier alpha value is -2.88. The van der Waals surface area contributed by atoms with Crippen LogP contribution in [0.1, 0.15) is 40.5 Å². The van der Waals surface area contributed by atoms with Crippen molar-refractivity contribution < 1.29 is 23.9 Å². The number of carbonyl (C=O) groups excluding carboxylic acids is 4. The van der Waals surface area contributed by atoms with Crippen LogP contribution >= 0.6 is 0 Å². The number of nitrogens with two attached hydrogens (primary N) is 1. The molecular formula is C22H37N5O5. The SMILES string of the molecule is CN[C@H](C(=O)N[C@@H](CCCNC(N)=O)C(=O)NC1C=CC(COC(C)=O)=CC1C)C(C)C. The van der Waals surface area contributed by atoms with Crippen LogP contribution in [0.5, 0.6) is 0 Å². The molecule has 1 aliphatic rings. The molecule has 2 unspecified atom stereocenters. The van der Waals surface area contributed by atoms with E-state index in [9.17, 15) is 19.2 Å². The second-order valence-corrected chi connectivity index (χ2v) is 8.28. The first-order valence-electron chi connectivity index (χ1n) is 10.9. The summed E-state index contributed by atoms with van der Waals surface area (Å²) >= 11 is 0. The summed E-state index contributed by atoms with van der Waals surface area (Å²) < 4.78 is 5.01. The van der Waals surface area contributed by atoms with E-state index in [1.165, 1.54) is 6.92 Å². The van der Waals surface area contributed by atoms with Gasteiger partial charge in [0.05, 0.1) is 12.1 Å². The predicted octanol–water partition coefficient (Wildman–Crippen LogP) is 0.344. The van der Waals surface area contributed by atoms with Gasteiger partial charge in [0.2, 0.25) is 11.8 Å². The lowest BCUT2D eigenvalue weighted by Gasteiger charge is -2.28. The summed E-state index contributed by atoms with van der Waals surface area (Å²) in [7, 11) is 1.70. The third-order valence-corrected chi connectivity index (χ3v) is 5.17. The van der Waals surface area contributed by atoms with Crippen molar-refractivity contribution in [3.63, 3.8) is 0 Å². The van der Waals surface area contributed by atoms with Crippen molar-refractivity contribution in [2.45, 2.75) is 58.7 Å². The highest BCUT2D eigenvalue weighted by Crippen LogP contribution is 2.18. The fourth-order valence-electron chi connectivity index (χ4n) is 3.44. The van der Waals surface area contributed by atoms with Crippen molar-refractivity contribution in [1.29, 1.82) is 0 Å². The molecule has 0 radical (unpaired) electrons. The first-order valence-corrected chi connectivity index (χ1v) is 10.9. The Labute approximate surface area is 189 Å². The van der Waals surface area contributed by atoms with Crippen LogP contribution in [-0.2, 0) is 19.1 Å². The van der Waals surface area contributed by atoms with Gasteiger partial charge in [-0.2, -0.15) is 0 Å². The van der Waals surface area contributed by atoms with Crippen LogP contribution in [0.25, 0.3) is 0 Å². The standard InChI is InChI=1S/C22H37N5O5/c1-13(2)19(24-5)21(30)27-18(7-6-10-25-22(23)31)20(29)26-17-9-8-16(11-14(17)3)12-32-15(4)28/h8-9,11,13-14,17-19,24H,6-7,10,12H2,1-5H3,(H,26,29)(H,27,30)(H3,23,25,31)/t14?,17?,18-,19-/m0/s1. The summed E-state index contributed by atoms with van der Waals surface area (Å²) in [6.07, 6.45) is 6.40. The van der Waals surface area contributed by atoms with Crippen LogP contribution in [0.2, 0.25) is 0 Å². The highest BCUT2D eigenvalue weighted by Gasteiger charge is 2.28. The molecule has 0 fully saturated rings. The topological polar surface area (TPSA) is 152 Å². The van der Waals surface area contributed by atoms with Gasteiger partial charge in [0, 0.05) is 13.5 Å². The summed E-state index contributed by atoms with van der Waals surface area (Å²) in [5.74, 6) is -0.908. The summed E-state index contributed by atoms with van der Waals surface area (Å²) in [6, 6.07) is -2.10. The van der Waals surface area contributed by atoms with Crippen LogP contribution in [0.15, 0.2) is 23.8 Å². The average Bonchev–Trinajstić information content (AvgIpc) is 2.70. The normalized spacial score (nSPS) is 19.5. The van der Waals surface area contributed by atoms with Crippen LogP contribution in [0, 0.1) is 11.8 Å². The van der Waals surface area contributed by atoms with E-state index in [1.54, 1.807) is 7.05 Å². The molecule has 6 N–H and O–H groups in total. The van der Waals surface area contributed by atoms with Crippen molar-refractivity contribution in [1.82, 2.24) is 21.3 Å². The summed E-state index contributed by atoms with van der Waals surface area (Å²) in [6.45, 7) is 7.62. The van der Waals surface area contributed by atoms with Crippen molar-refractivity contribution in [3.05, 3.63) is 23.8 Å². The first kappa shape index (κ1) is 27.2. The molecule has 4 amide bonds. The van der Waals surface area contributed by atoms with E-state index < -0.39 is 18.1 Å². The minimum atomic E-state index is -0.765. The average molecular weight is 452 g/mol. The van der Waals surface area contributed by atoms with Gasteiger partial charge >= 0.3 is 12.0 Å². The van der Waals surface area contributed by atoms with Gasteiger partial charge in [-0.3, -0.25) is 14.4 Å². The predicted molar refractivity (Wildman–Crippen MR) is 121 cm³/mol. The Balaban J connectivity index is 2.79. The molecule has 0 aromatic rings. The highest BCUT2D eigenvalue weighted by molar-refractivity contribution is 5.90. The van der Waals surface area contributed by atoms with E-state index in [-0.39, 0.29) is 42.3 Å². The number of hydrogen-bond acceptors (Lipinski definition) is 6. The van der Waals surface area contributed by atoms with Crippen molar-refractivity contribution in [2.24, 2.45) is 17.6 Å². The number of urea groups is 1. The molecule has 10 nitrogen and oxygen atoms in total. The number of hydrogen-bond donors (Lipinski definition) is 5. The number of amides is 4. The van der Waals surface area contributed by atoms with E-state index in [0.29, 0.717) is 19.4 Å². The minimum Gasteiger partial charge on any atom is -0.461 e. The van der Waals surface area contributed by atoms with Gasteiger partial charge in [-0.05, 0) is 37.3 Å². The Morgan fingerprint density at radius 2 is 1.88 bits per heavy atom. The Bertz CT molecular complexity index is 734. The van der Waals surface area contributed by atoms with Crippen molar-refractivity contribution in [3.8, 4) is 0 Å². The number of primary amides is 1. The largest absolute Gasteiger partial charge is 0.461 e. The molecule has 180 valence electrons. The molecule has 32 heavy (non-hydrogen) atoms. The van der Waals surface area contributed by atoms with E-state index in [2.05, 4.69) is 21.3 Å². The third-order valence-electron chi connectivity index (χ3n) is 5.17. The quantitative estimate of drug-likeness (QED) is 0.213. The Morgan fingerprint density at radius 3 is 2.41 bits per heavy atom. The molecule has 0 saturated heterocycles. The number of nitrogens with one attached hydrogen (secondary N) is 4. The van der Waals surface area contributed by atoms with E-state index >= 15 is 0 Å². The van der Waals surface area contributed by atoms with Crippen LogP contribution in [0.4, 0.5) is 4.79 Å². The summed E-state index contributed by atoms with van der Waals surface area (Å²) in [5.41, 5.74) is 5.94. The van der Waals surface area contributed by atoms with E-state index in [1.807, 2.05) is 39.0 Å². The zero-order chi connectivity index (χ0) is 24.3. The lowest BCUT2D eigenvalue weighted by atomic mass is 9.92. The number of ether oxygens (including phenoxy) is 1. The van der Waals surface area contributed by atoms with Crippen LogP contribution in [0.3, 0.4) is 0 Å². The van der Waals surface area contributed by atoms with Crippen molar-refractivity contribution in [2.75, 3.05) is 20.2 Å². The molecule has 10 heteroatoms. The maximum Gasteiger partial charge on any atom is 0.312 e. The molecule has 0 saturated carbocycles. The van der Waals surface area contributed by atoms with Gasteiger partial charge in [-0.15, -0.1) is 0 Å². The van der Waals surface area contributed by atoms with E-state index in [4.69, 9.17) is 10.5 Å². The summed E-state index contributed by atoms with van der Waals surface area (Å²) in [4.78, 5) is 47.6. The highest BCUT2D eigenvalue weighted by atomic mass is 16.5. The fraction of sp³-hybridized carbons (Fsp3) is 0.636. The van der Waals surface area contributed by atoms with Crippen LogP contribution < -0.4 is 27.0 Å². The molecular weight excluding hydrogens is 414 g/mol. The second kappa shape index (κ2) is 13.5. The van der Waals surface area contributed by atoms with Crippen molar-refractivity contribution >= 4 is 23.8 Å². The lowest BCUT2D eigenvalue weighted by Crippen LogP contribution is -2.55. The number of likely N-dealkylation sites (N-methyl/N-ethyl adjacent to an activating group) is 1. The third kappa shape index (κ3) is 9.51. The Kier molecular flexibility index (Phi) is 11.5. The second-order valence-electron chi connectivity index (χ2n) is 8.28. The van der Waals surface area contributed by atoms with Gasteiger partial charge in [0.1, 0.15) is 12.6 Å². The number of esters is 1. The van der Waals surface area contributed by atoms with Gasteiger partial charge in [-0.1, -0.05) is 39.0 Å². The fourth-order valence-corrected chi connectivity index (χ4v) is 3.44. The maximum absolute atomic E-state index is 13.0. The molecule has 1 rings (SSSR count). The monoisotopic (exact) mass is 451 g/mol. The minimum absolute atomic E-state index is 0.0249. The van der Waals surface area contributed by atoms with Crippen LogP contribution in [-0.4, -0.2) is 62.1 Å². The molecule has 0 heterocycles. The van der Waals surface area contributed by atoms with Gasteiger partial charge < -0.3 is 31.7 Å². The van der Waals surface area contributed by atoms with Gasteiger partial charge in [0.25, 0.3) is 0 Å². The molecule has 4 atom stereocenters. The van der Waals surface area contributed by atoms with Gasteiger partial charge in [0.15, 0.2) is 0 Å². The molecule has 0 bridgehead atoms. The number of carbonyl (C=O) groups is 4. The molecule has 0 spiro atoms. The zero-order valence-electron chi connectivity index (χ0n) is 19.6. The molecule has 0 aromatic carbocycles. The molecule has 0 aliphatic heterocycles.